The number of nitrogens with two attached hydrogens (primary N) is 1. The molecule has 2 fully saturated rings. The van der Waals surface area contributed by atoms with Gasteiger partial charge >= 0.3 is 0 Å². The highest BCUT2D eigenvalue weighted by Gasteiger charge is 2.36. The van der Waals surface area contributed by atoms with Crippen LogP contribution in [0.25, 0.3) is 0 Å². The number of nitrogens with zero attached hydrogens (tertiary/aromatic N) is 1. The van der Waals surface area contributed by atoms with Crippen LogP contribution in [-0.2, 0) is 4.79 Å². The molecule has 3 nitrogen and oxygen atoms in total. The van der Waals surface area contributed by atoms with E-state index in [9.17, 15) is 4.79 Å². The van der Waals surface area contributed by atoms with Gasteiger partial charge in [0.05, 0.1) is 6.04 Å². The molecule has 1 amide bonds. The number of rotatable bonds is 2. The monoisotopic (exact) mass is 210 g/mol. The molecule has 1 saturated carbocycles. The fourth-order valence-corrected chi connectivity index (χ4v) is 3.16. The molecule has 2 N–H and O–H groups in total. The third kappa shape index (κ3) is 2.17. The lowest BCUT2D eigenvalue weighted by molar-refractivity contribution is -0.133. The molecule has 1 heterocycles. The van der Waals surface area contributed by atoms with Crippen LogP contribution in [0.1, 0.15) is 45.4 Å². The molecule has 0 bridgehead atoms. The van der Waals surface area contributed by atoms with E-state index in [1.165, 1.54) is 38.5 Å². The van der Waals surface area contributed by atoms with Gasteiger partial charge in [0.25, 0.3) is 0 Å². The molecule has 2 atom stereocenters. The molecule has 0 spiro atoms. The average molecular weight is 210 g/mol. The molecular formula is C12H22N2O. The highest BCUT2D eigenvalue weighted by molar-refractivity contribution is 5.81. The Bertz CT molecular complexity index is 234. The largest absolute Gasteiger partial charge is 0.338 e. The van der Waals surface area contributed by atoms with Crippen molar-refractivity contribution in [2.75, 3.05) is 6.54 Å². The molecule has 1 aliphatic carbocycles. The average Bonchev–Trinajstić information content (AvgIpc) is 2.86. The van der Waals surface area contributed by atoms with Crippen molar-refractivity contribution < 1.29 is 4.79 Å². The second-order valence-corrected chi connectivity index (χ2v) is 5.07. The quantitative estimate of drug-likeness (QED) is 0.751. The topological polar surface area (TPSA) is 46.3 Å². The zero-order valence-electron chi connectivity index (χ0n) is 9.61. The number of amides is 1. The van der Waals surface area contributed by atoms with Crippen molar-refractivity contribution >= 4 is 5.91 Å². The van der Waals surface area contributed by atoms with Crippen LogP contribution in [0.3, 0.4) is 0 Å². The highest BCUT2D eigenvalue weighted by Crippen LogP contribution is 2.35. The lowest BCUT2D eigenvalue weighted by Gasteiger charge is -2.30. The molecule has 2 rings (SSSR count). The number of likely N-dealkylation sites (tertiary alicyclic amines) is 1. The first-order valence-corrected chi connectivity index (χ1v) is 6.26. The molecule has 0 radical (unpaired) electrons. The predicted molar refractivity (Wildman–Crippen MR) is 60.3 cm³/mol. The van der Waals surface area contributed by atoms with E-state index in [4.69, 9.17) is 5.73 Å². The first-order chi connectivity index (χ1) is 7.20. The molecule has 15 heavy (non-hydrogen) atoms. The number of hydrogen-bond donors (Lipinski definition) is 1. The second-order valence-electron chi connectivity index (χ2n) is 5.07. The molecule has 2 aliphatic rings. The minimum Gasteiger partial charge on any atom is -0.338 e. The van der Waals surface area contributed by atoms with Gasteiger partial charge in [0, 0.05) is 12.6 Å². The highest BCUT2D eigenvalue weighted by atomic mass is 16.2. The van der Waals surface area contributed by atoms with E-state index in [0.29, 0.717) is 6.04 Å². The SMILES string of the molecule is C[C@H](N)C(=O)N1CCCC1C1CCCC1. The fraction of sp³-hybridized carbons (Fsp3) is 0.917. The van der Waals surface area contributed by atoms with E-state index in [-0.39, 0.29) is 11.9 Å². The Hall–Kier alpha value is -0.570. The van der Waals surface area contributed by atoms with Crippen molar-refractivity contribution in [3.8, 4) is 0 Å². The molecule has 1 aliphatic heterocycles. The Balaban J connectivity index is 2.01. The summed E-state index contributed by atoms with van der Waals surface area (Å²) in [4.78, 5) is 14.0. The maximum atomic E-state index is 11.9. The van der Waals surface area contributed by atoms with Gasteiger partial charge in [-0.1, -0.05) is 12.8 Å². The lowest BCUT2D eigenvalue weighted by Crippen LogP contribution is -2.46. The Morgan fingerprint density at radius 3 is 2.53 bits per heavy atom. The lowest BCUT2D eigenvalue weighted by atomic mass is 9.96. The van der Waals surface area contributed by atoms with Crippen LogP contribution in [0.5, 0.6) is 0 Å². The summed E-state index contributed by atoms with van der Waals surface area (Å²) < 4.78 is 0. The minimum absolute atomic E-state index is 0.157. The van der Waals surface area contributed by atoms with Gasteiger partial charge < -0.3 is 10.6 Å². The molecule has 3 heteroatoms. The smallest absolute Gasteiger partial charge is 0.239 e. The Labute approximate surface area is 92.0 Å². The Morgan fingerprint density at radius 2 is 1.93 bits per heavy atom. The zero-order chi connectivity index (χ0) is 10.8. The summed E-state index contributed by atoms with van der Waals surface area (Å²) in [5.74, 6) is 0.916. The van der Waals surface area contributed by atoms with Crippen LogP contribution in [0.4, 0.5) is 0 Å². The summed E-state index contributed by atoms with van der Waals surface area (Å²) in [5.41, 5.74) is 5.69. The van der Waals surface area contributed by atoms with Crippen LogP contribution < -0.4 is 5.73 Å². The van der Waals surface area contributed by atoms with E-state index in [1.807, 2.05) is 0 Å². The summed E-state index contributed by atoms with van der Waals surface area (Å²) in [6.45, 7) is 2.73. The third-order valence-electron chi connectivity index (χ3n) is 3.92. The van der Waals surface area contributed by atoms with Crippen LogP contribution in [0, 0.1) is 5.92 Å². The van der Waals surface area contributed by atoms with Gasteiger partial charge in [-0.2, -0.15) is 0 Å². The first-order valence-electron chi connectivity index (χ1n) is 6.26. The van der Waals surface area contributed by atoms with Gasteiger partial charge in [0.2, 0.25) is 5.91 Å². The van der Waals surface area contributed by atoms with Crippen molar-refractivity contribution in [1.29, 1.82) is 0 Å². The molecule has 1 saturated heterocycles. The van der Waals surface area contributed by atoms with Crippen LogP contribution in [0.2, 0.25) is 0 Å². The summed E-state index contributed by atoms with van der Waals surface area (Å²) in [6, 6.07) is 0.179. The standard InChI is InChI=1S/C12H22N2O/c1-9(13)12(15)14-8-4-7-11(14)10-5-2-3-6-10/h9-11H,2-8,13H2,1H3/t9-,11?/m0/s1. The van der Waals surface area contributed by atoms with E-state index >= 15 is 0 Å². The molecule has 1 unspecified atom stereocenters. The zero-order valence-corrected chi connectivity index (χ0v) is 9.61. The molecular weight excluding hydrogens is 188 g/mol. The Morgan fingerprint density at radius 1 is 1.27 bits per heavy atom. The second kappa shape index (κ2) is 4.52. The van der Waals surface area contributed by atoms with Crippen molar-refractivity contribution in [1.82, 2.24) is 4.90 Å². The molecule has 86 valence electrons. The van der Waals surface area contributed by atoms with Crippen molar-refractivity contribution in [3.63, 3.8) is 0 Å². The maximum Gasteiger partial charge on any atom is 0.239 e. The van der Waals surface area contributed by atoms with E-state index in [2.05, 4.69) is 4.90 Å². The van der Waals surface area contributed by atoms with Crippen molar-refractivity contribution in [2.45, 2.75) is 57.5 Å². The summed E-state index contributed by atoms with van der Waals surface area (Å²) in [7, 11) is 0. The van der Waals surface area contributed by atoms with Crippen molar-refractivity contribution in [3.05, 3.63) is 0 Å². The molecule has 0 aromatic heterocycles. The van der Waals surface area contributed by atoms with Crippen molar-refractivity contribution in [2.24, 2.45) is 11.7 Å². The predicted octanol–water partition coefficient (Wildman–Crippen LogP) is 1.51. The molecule has 0 aromatic rings. The third-order valence-corrected chi connectivity index (χ3v) is 3.92. The molecule has 0 aromatic carbocycles. The van der Waals surface area contributed by atoms with E-state index < -0.39 is 0 Å². The maximum absolute atomic E-state index is 11.9. The van der Waals surface area contributed by atoms with Gasteiger partial charge in [0.15, 0.2) is 0 Å². The summed E-state index contributed by atoms with van der Waals surface area (Å²) in [6.07, 6.45) is 7.69. The summed E-state index contributed by atoms with van der Waals surface area (Å²) >= 11 is 0. The fourth-order valence-electron chi connectivity index (χ4n) is 3.16. The number of carbonyl (C=O) groups excluding carboxylic acids is 1. The minimum atomic E-state index is -0.327. The number of hydrogen-bond acceptors (Lipinski definition) is 2. The van der Waals surface area contributed by atoms with E-state index in [1.54, 1.807) is 6.92 Å². The van der Waals surface area contributed by atoms with E-state index in [0.717, 1.165) is 12.5 Å². The van der Waals surface area contributed by atoms with Gasteiger partial charge in [-0.15, -0.1) is 0 Å². The number of carbonyl (C=O) groups is 1. The van der Waals surface area contributed by atoms with Crippen LogP contribution >= 0.6 is 0 Å². The summed E-state index contributed by atoms with van der Waals surface area (Å²) in [5, 5.41) is 0. The van der Waals surface area contributed by atoms with Gasteiger partial charge in [0.1, 0.15) is 0 Å². The van der Waals surface area contributed by atoms with Crippen LogP contribution in [0.15, 0.2) is 0 Å². The Kier molecular flexibility index (Phi) is 3.29. The van der Waals surface area contributed by atoms with Gasteiger partial charge in [-0.25, -0.2) is 0 Å². The van der Waals surface area contributed by atoms with Gasteiger partial charge in [-0.05, 0) is 38.5 Å². The van der Waals surface area contributed by atoms with Crippen LogP contribution in [-0.4, -0.2) is 29.4 Å². The first kappa shape index (κ1) is 10.9. The van der Waals surface area contributed by atoms with Gasteiger partial charge in [-0.3, -0.25) is 4.79 Å². The normalized spacial score (nSPS) is 29.7.